The van der Waals surface area contributed by atoms with Gasteiger partial charge in [-0.2, -0.15) is 13.2 Å². The van der Waals surface area contributed by atoms with Crippen LogP contribution in [0.15, 0.2) is 24.3 Å². The lowest BCUT2D eigenvalue weighted by atomic mass is 10.1. The fraction of sp³-hybridized carbons (Fsp3) is 0.455. The predicted octanol–water partition coefficient (Wildman–Crippen LogP) is 1.84. The van der Waals surface area contributed by atoms with Gasteiger partial charge in [-0.25, -0.2) is 0 Å². The maximum absolute atomic E-state index is 12.6. The number of halogens is 3. The maximum Gasteiger partial charge on any atom is 0.426 e. The molecule has 1 aromatic carbocycles. The minimum Gasteiger partial charge on any atom is -0.479 e. The normalized spacial score (nSPS) is 15.4. The Morgan fingerprint density at radius 1 is 1.35 bits per heavy atom. The van der Waals surface area contributed by atoms with E-state index < -0.39 is 18.3 Å². The highest BCUT2D eigenvalue weighted by Crippen LogP contribution is 2.28. The minimum atomic E-state index is -4.54. The number of para-hydroxylation sites is 1. The average Bonchev–Trinajstić information content (AvgIpc) is 2.24. The molecule has 96 valence electrons. The fourth-order valence-electron chi connectivity index (χ4n) is 1.36. The molecule has 0 spiro atoms. The van der Waals surface area contributed by atoms with E-state index in [9.17, 15) is 13.2 Å². The van der Waals surface area contributed by atoms with Gasteiger partial charge in [0, 0.05) is 11.6 Å². The van der Waals surface area contributed by atoms with Crippen molar-refractivity contribution in [2.45, 2.75) is 31.9 Å². The highest BCUT2D eigenvalue weighted by molar-refractivity contribution is 5.33. The molecule has 0 fully saturated rings. The van der Waals surface area contributed by atoms with E-state index in [-0.39, 0.29) is 12.4 Å². The SMILES string of the molecule is CC(N)C(Oc1ccccc1CO)C(F)(F)F. The predicted molar refractivity (Wildman–Crippen MR) is 56.5 cm³/mol. The topological polar surface area (TPSA) is 55.5 Å². The summed E-state index contributed by atoms with van der Waals surface area (Å²) < 4.78 is 42.7. The molecule has 0 heterocycles. The van der Waals surface area contributed by atoms with E-state index in [1.54, 1.807) is 6.07 Å². The first-order chi connectivity index (χ1) is 7.86. The molecule has 17 heavy (non-hydrogen) atoms. The van der Waals surface area contributed by atoms with E-state index in [1.807, 2.05) is 0 Å². The van der Waals surface area contributed by atoms with Gasteiger partial charge in [0.25, 0.3) is 0 Å². The lowest BCUT2D eigenvalue weighted by Crippen LogP contribution is -2.47. The van der Waals surface area contributed by atoms with E-state index in [1.165, 1.54) is 25.1 Å². The van der Waals surface area contributed by atoms with E-state index >= 15 is 0 Å². The van der Waals surface area contributed by atoms with Crippen molar-refractivity contribution in [3.63, 3.8) is 0 Å². The second-order valence-corrected chi connectivity index (χ2v) is 3.71. The summed E-state index contributed by atoms with van der Waals surface area (Å²) >= 11 is 0. The summed E-state index contributed by atoms with van der Waals surface area (Å²) in [5.41, 5.74) is 5.55. The first-order valence-corrected chi connectivity index (χ1v) is 5.04. The number of hydrogen-bond acceptors (Lipinski definition) is 3. The summed E-state index contributed by atoms with van der Waals surface area (Å²) in [6, 6.07) is 4.80. The van der Waals surface area contributed by atoms with Crippen molar-refractivity contribution >= 4 is 0 Å². The van der Waals surface area contributed by atoms with Crippen LogP contribution in [0.2, 0.25) is 0 Å². The molecule has 3 nitrogen and oxygen atoms in total. The molecule has 1 rings (SSSR count). The van der Waals surface area contributed by atoms with Crippen molar-refractivity contribution in [1.82, 2.24) is 0 Å². The number of aliphatic hydroxyl groups excluding tert-OH is 1. The molecule has 0 saturated carbocycles. The third-order valence-electron chi connectivity index (χ3n) is 2.20. The Balaban J connectivity index is 2.94. The Morgan fingerprint density at radius 2 is 1.94 bits per heavy atom. The van der Waals surface area contributed by atoms with E-state index in [0.29, 0.717) is 5.56 Å². The molecule has 0 amide bonds. The van der Waals surface area contributed by atoms with E-state index in [0.717, 1.165) is 0 Å². The monoisotopic (exact) mass is 249 g/mol. The number of ether oxygens (including phenoxy) is 1. The third-order valence-corrected chi connectivity index (χ3v) is 2.20. The summed E-state index contributed by atoms with van der Waals surface area (Å²) in [4.78, 5) is 0. The lowest BCUT2D eigenvalue weighted by Gasteiger charge is -2.25. The van der Waals surface area contributed by atoms with Gasteiger partial charge in [-0.3, -0.25) is 0 Å². The van der Waals surface area contributed by atoms with Gasteiger partial charge in [0.1, 0.15) is 5.75 Å². The number of benzene rings is 1. The quantitative estimate of drug-likeness (QED) is 0.856. The molecule has 2 unspecified atom stereocenters. The molecule has 0 bridgehead atoms. The van der Waals surface area contributed by atoms with Gasteiger partial charge in [0.15, 0.2) is 0 Å². The average molecular weight is 249 g/mol. The van der Waals surface area contributed by atoms with Crippen LogP contribution >= 0.6 is 0 Å². The van der Waals surface area contributed by atoms with Crippen molar-refractivity contribution < 1.29 is 23.0 Å². The van der Waals surface area contributed by atoms with Crippen molar-refractivity contribution in [3.8, 4) is 5.75 Å². The van der Waals surface area contributed by atoms with Crippen LogP contribution in [0.4, 0.5) is 13.2 Å². The highest BCUT2D eigenvalue weighted by Gasteiger charge is 2.44. The molecule has 2 atom stereocenters. The van der Waals surface area contributed by atoms with Crippen molar-refractivity contribution in [2.24, 2.45) is 5.73 Å². The number of nitrogens with two attached hydrogens (primary N) is 1. The molecule has 0 aliphatic heterocycles. The zero-order valence-electron chi connectivity index (χ0n) is 9.24. The third kappa shape index (κ3) is 3.61. The fourth-order valence-corrected chi connectivity index (χ4v) is 1.36. The van der Waals surface area contributed by atoms with Crippen molar-refractivity contribution in [2.75, 3.05) is 0 Å². The first kappa shape index (κ1) is 13.8. The molecule has 3 N–H and O–H groups in total. The Labute approximate surface area is 97.0 Å². The van der Waals surface area contributed by atoms with Gasteiger partial charge in [-0.15, -0.1) is 0 Å². The van der Waals surface area contributed by atoms with Crippen LogP contribution in [0.5, 0.6) is 5.75 Å². The van der Waals surface area contributed by atoms with Gasteiger partial charge in [-0.1, -0.05) is 18.2 Å². The van der Waals surface area contributed by atoms with Gasteiger partial charge < -0.3 is 15.6 Å². The molecular formula is C11H14F3NO2. The van der Waals surface area contributed by atoms with Gasteiger partial charge in [0.05, 0.1) is 6.61 Å². The summed E-state index contributed by atoms with van der Waals surface area (Å²) in [5, 5.41) is 8.98. The van der Waals surface area contributed by atoms with Crippen LogP contribution < -0.4 is 10.5 Å². The Morgan fingerprint density at radius 3 is 2.41 bits per heavy atom. The zero-order valence-corrected chi connectivity index (χ0v) is 9.24. The van der Waals surface area contributed by atoms with Crippen LogP contribution in [-0.4, -0.2) is 23.4 Å². The second kappa shape index (κ2) is 5.37. The van der Waals surface area contributed by atoms with Crippen LogP contribution in [0, 0.1) is 0 Å². The van der Waals surface area contributed by atoms with E-state index in [4.69, 9.17) is 15.6 Å². The van der Waals surface area contributed by atoms with Gasteiger partial charge in [0.2, 0.25) is 6.10 Å². The molecule has 0 aromatic heterocycles. The van der Waals surface area contributed by atoms with Gasteiger partial charge in [-0.05, 0) is 13.0 Å². The molecule has 6 heteroatoms. The minimum absolute atomic E-state index is 0.00498. The Bertz CT molecular complexity index is 366. The van der Waals surface area contributed by atoms with Crippen LogP contribution in [0.3, 0.4) is 0 Å². The van der Waals surface area contributed by atoms with Gasteiger partial charge >= 0.3 is 6.18 Å². The first-order valence-electron chi connectivity index (χ1n) is 5.04. The van der Waals surface area contributed by atoms with Crippen LogP contribution in [-0.2, 0) is 6.61 Å². The molecular weight excluding hydrogens is 235 g/mol. The largest absolute Gasteiger partial charge is 0.479 e. The summed E-state index contributed by atoms with van der Waals surface area (Å²) in [6.07, 6.45) is -6.63. The Hall–Kier alpha value is -1.27. The summed E-state index contributed by atoms with van der Waals surface area (Å²) in [6.45, 7) is 0.833. The number of aliphatic hydroxyl groups is 1. The highest BCUT2D eigenvalue weighted by atomic mass is 19.4. The number of rotatable bonds is 4. The Kier molecular flexibility index (Phi) is 4.36. The van der Waals surface area contributed by atoms with Crippen LogP contribution in [0.1, 0.15) is 12.5 Å². The van der Waals surface area contributed by atoms with Crippen LogP contribution in [0.25, 0.3) is 0 Å². The molecule has 0 aliphatic carbocycles. The van der Waals surface area contributed by atoms with Crippen molar-refractivity contribution in [3.05, 3.63) is 29.8 Å². The summed E-state index contributed by atoms with van der Waals surface area (Å²) in [7, 11) is 0. The maximum atomic E-state index is 12.6. The molecule has 0 radical (unpaired) electrons. The molecule has 0 saturated heterocycles. The molecule has 0 aliphatic rings. The van der Waals surface area contributed by atoms with E-state index in [2.05, 4.69) is 0 Å². The second-order valence-electron chi connectivity index (χ2n) is 3.71. The summed E-state index contributed by atoms with van der Waals surface area (Å²) in [5.74, 6) is -0.00498. The standard InChI is InChI=1S/C11H14F3NO2/c1-7(15)10(11(12,13)14)17-9-5-3-2-4-8(9)6-16/h2-5,7,10,16H,6,15H2,1H3. The zero-order chi connectivity index (χ0) is 13.1. The van der Waals surface area contributed by atoms with Crippen molar-refractivity contribution in [1.29, 1.82) is 0 Å². The number of alkyl halides is 3. The lowest BCUT2D eigenvalue weighted by molar-refractivity contribution is -0.199. The number of hydrogen-bond donors (Lipinski definition) is 2. The smallest absolute Gasteiger partial charge is 0.426 e. The molecule has 1 aromatic rings.